The highest BCUT2D eigenvalue weighted by Crippen LogP contribution is 2.69. The van der Waals surface area contributed by atoms with E-state index in [-0.39, 0.29) is 73.5 Å². The van der Waals surface area contributed by atoms with Crippen molar-refractivity contribution in [2.75, 3.05) is 59.3 Å². The average molecular weight is 1110 g/mol. The Kier molecular flexibility index (Phi) is 17.8. The predicted octanol–water partition coefficient (Wildman–Crippen LogP) is 6.17. The van der Waals surface area contributed by atoms with Crippen LogP contribution in [0.25, 0.3) is 11.0 Å². The maximum atomic E-state index is 13.8. The fourth-order valence-corrected chi connectivity index (χ4v) is 21.3. The topological polar surface area (TPSA) is 245 Å². The molecule has 0 amide bonds. The maximum Gasteiger partial charge on any atom is 0.306 e. The van der Waals surface area contributed by atoms with E-state index < -0.39 is 82.1 Å². The van der Waals surface area contributed by atoms with Gasteiger partial charge in [0, 0.05) is 53.3 Å². The minimum atomic E-state index is -2.49. The van der Waals surface area contributed by atoms with Crippen molar-refractivity contribution in [2.24, 2.45) is 46.8 Å². The first-order chi connectivity index (χ1) is 37.0. The lowest BCUT2D eigenvalue weighted by Gasteiger charge is -2.67. The largest absolute Gasteiger partial charge is 0.485 e. The Bertz CT molecular complexity index is 2380. The fraction of sp³-hybridized carbons (Fsp3) is 0.814. The molecule has 10 N–H and O–H groups in total. The Morgan fingerprint density at radius 3 is 2.51 bits per heavy atom. The summed E-state index contributed by atoms with van der Waals surface area (Å²) < 4.78 is 32.6. The number of furan rings is 1. The van der Waals surface area contributed by atoms with E-state index in [2.05, 4.69) is 22.9 Å². The van der Waals surface area contributed by atoms with Crippen LogP contribution in [-0.4, -0.2) is 159 Å². The molecule has 8 aliphatic rings. The van der Waals surface area contributed by atoms with Crippen molar-refractivity contribution < 1.29 is 63.9 Å². The molecule has 432 valence electrons. The molecule has 2 aromatic rings. The van der Waals surface area contributed by atoms with E-state index in [1.165, 1.54) is 0 Å². The summed E-state index contributed by atoms with van der Waals surface area (Å²) in [7, 11) is 7.45. The van der Waals surface area contributed by atoms with Crippen LogP contribution in [0.1, 0.15) is 135 Å². The molecule has 4 heterocycles. The van der Waals surface area contributed by atoms with Crippen molar-refractivity contribution in [1.82, 2.24) is 16.0 Å². The number of benzene rings is 1. The van der Waals surface area contributed by atoms with Crippen LogP contribution in [0.4, 0.5) is 0 Å². The van der Waals surface area contributed by atoms with Crippen molar-refractivity contribution in [3.05, 3.63) is 36.1 Å². The molecule has 1 aromatic carbocycles. The van der Waals surface area contributed by atoms with Crippen LogP contribution in [0.15, 0.2) is 35.0 Å². The van der Waals surface area contributed by atoms with Gasteiger partial charge in [-0.15, -0.1) is 0 Å². The van der Waals surface area contributed by atoms with Crippen LogP contribution in [0.5, 0.6) is 11.5 Å². The summed E-state index contributed by atoms with van der Waals surface area (Å²) in [4.78, 5) is 13.1. The van der Waals surface area contributed by atoms with E-state index in [1.807, 2.05) is 37.0 Å². The molecule has 5 bridgehead atoms. The fourth-order valence-electron chi connectivity index (χ4n) is 17.0. The maximum absolute atomic E-state index is 13.8. The first-order valence-corrected chi connectivity index (χ1v) is 31.8. The number of nitrogens with one attached hydrogen (secondary N) is 3. The third-order valence-corrected chi connectivity index (χ3v) is 24.1. The number of rotatable bonds is 12. The summed E-state index contributed by atoms with van der Waals surface area (Å²) in [5, 5.41) is 101. The van der Waals surface area contributed by atoms with E-state index >= 15 is 0 Å². The number of hydrogen-bond donors (Lipinski definition) is 10. The molecule has 4 saturated carbocycles. The molecule has 16 nitrogen and oxygen atoms in total. The molecule has 18 unspecified atom stereocenters. The number of ether oxygens (including phenoxy) is 4. The lowest BCUT2D eigenvalue weighted by Crippen LogP contribution is -2.86. The Labute approximate surface area is 463 Å². The highest BCUT2D eigenvalue weighted by Gasteiger charge is 2.78. The zero-order valence-corrected chi connectivity index (χ0v) is 47.7. The molecule has 1 aromatic heterocycles. The van der Waals surface area contributed by atoms with Crippen molar-refractivity contribution in [3.63, 3.8) is 0 Å². The number of carbonyl (C=O) groups excluding carboxylic acids is 1. The van der Waals surface area contributed by atoms with Gasteiger partial charge >= 0.3 is 5.97 Å². The van der Waals surface area contributed by atoms with Crippen molar-refractivity contribution in [3.8, 4) is 11.5 Å². The summed E-state index contributed by atoms with van der Waals surface area (Å²) in [5.74, 6) is -1.47. The Morgan fingerprint density at radius 1 is 0.922 bits per heavy atom. The average Bonchev–Trinajstić information content (AvgIpc) is 4.30. The zero-order valence-electron chi connectivity index (χ0n) is 46.1. The predicted molar refractivity (Wildman–Crippen MR) is 297 cm³/mol. The number of aliphatic hydroxyl groups is 7. The van der Waals surface area contributed by atoms with Gasteiger partial charge in [-0.1, -0.05) is 59.9 Å². The van der Waals surface area contributed by atoms with Crippen LogP contribution >= 0.6 is 21.6 Å². The number of aryl methyl sites for hydroxylation is 1. The van der Waals surface area contributed by atoms with Crippen molar-refractivity contribution in [2.45, 2.75) is 194 Å². The Morgan fingerprint density at radius 2 is 1.73 bits per heavy atom. The molecule has 3 aliphatic heterocycles. The van der Waals surface area contributed by atoms with Crippen LogP contribution in [-0.2, 0) is 20.7 Å². The summed E-state index contributed by atoms with van der Waals surface area (Å²) in [6, 6.07) is 3.64. The van der Waals surface area contributed by atoms with Gasteiger partial charge < -0.3 is 75.1 Å². The molecule has 5 aliphatic carbocycles. The quantitative estimate of drug-likeness (QED) is 0.0649. The molecular formula is C59H91N3O13S2. The van der Waals surface area contributed by atoms with Gasteiger partial charge in [0.05, 0.1) is 30.7 Å². The van der Waals surface area contributed by atoms with Gasteiger partial charge in [-0.05, 0) is 183 Å². The van der Waals surface area contributed by atoms with Gasteiger partial charge in [-0.2, -0.15) is 0 Å². The molecule has 77 heavy (non-hydrogen) atoms. The minimum absolute atomic E-state index is 0.00748. The number of aliphatic hydroxyl groups excluding tert-OH is 4. The molecule has 2 saturated heterocycles. The highest BCUT2D eigenvalue weighted by atomic mass is 33.1. The molecule has 3 spiro atoms. The first kappa shape index (κ1) is 58.0. The summed E-state index contributed by atoms with van der Waals surface area (Å²) in [6.45, 7) is 6.15. The van der Waals surface area contributed by atoms with Gasteiger partial charge in [-0.25, -0.2) is 0 Å². The third-order valence-electron chi connectivity index (χ3n) is 20.8. The molecule has 18 heteroatoms. The summed E-state index contributed by atoms with van der Waals surface area (Å²) in [6.07, 6.45) is 12.5. The number of esters is 1. The zero-order chi connectivity index (χ0) is 54.4. The molecule has 18 atom stereocenters. The van der Waals surface area contributed by atoms with Gasteiger partial charge in [0.15, 0.2) is 16.9 Å². The number of allylic oxidation sites excluding steroid dienone is 1. The number of fused-ring (bicyclic) bond motifs is 11. The van der Waals surface area contributed by atoms with E-state index in [0.29, 0.717) is 53.7 Å². The summed E-state index contributed by atoms with van der Waals surface area (Å²) in [5.41, 5.74) is -6.61. The standard InChI is InChI=1S/C59H91N3O13S2/c1-5-71-47(66)16-13-39-28-40-19-26-72-49(40)51-50(39)74-53-59(70)48-41(12-14-43(64)42(48)34-63)31-57(69,52(59)67)58(75-53)35-76-77-56(45(62-25-27-73-51)15-11-36(2)8-6-10-46(58)65)24-23-54(21-17-38(29-54)33-61-4)44(56)18-22-55(68)20-7-9-37(30-55)32-60-3/h12,14,19,26,28,36-38,41-46,48,52-53,60-65,67-70H,5-11,13,15-18,20-25,27,29-35H2,1-4H3. The van der Waals surface area contributed by atoms with E-state index in [9.17, 15) is 40.5 Å². The second-order valence-corrected chi connectivity index (χ2v) is 27.9. The minimum Gasteiger partial charge on any atom is -0.485 e. The molecule has 10 rings (SSSR count). The van der Waals surface area contributed by atoms with E-state index in [0.717, 1.165) is 96.6 Å². The van der Waals surface area contributed by atoms with Gasteiger partial charge in [-0.3, -0.25) is 4.79 Å². The van der Waals surface area contributed by atoms with Gasteiger partial charge in [0.25, 0.3) is 0 Å². The van der Waals surface area contributed by atoms with Crippen LogP contribution in [0, 0.1) is 46.8 Å². The van der Waals surface area contributed by atoms with Gasteiger partial charge in [0.1, 0.15) is 23.9 Å². The van der Waals surface area contributed by atoms with Gasteiger partial charge in [0.2, 0.25) is 12.0 Å². The smallest absolute Gasteiger partial charge is 0.306 e. The van der Waals surface area contributed by atoms with Crippen LogP contribution < -0.4 is 25.4 Å². The summed E-state index contributed by atoms with van der Waals surface area (Å²) >= 11 is 0. The normalized spacial score (nSPS) is 43.4. The second kappa shape index (κ2) is 23.6. The Hall–Kier alpha value is -2.17. The monoisotopic (exact) mass is 1110 g/mol. The van der Waals surface area contributed by atoms with E-state index in [1.54, 1.807) is 36.1 Å². The SMILES string of the molecule is CCOC(=O)CCc1cc2ccoc2c2c1OC1OC3(CSSC4(CCC5(CCC(CNC)C5)C4CCC4(O)CCCC(CNC)C4)C(CCC(C)CCCC3O)NCCO2)C2(O)CC3C=CC(O)C(CO)C3C1(O)C2O. The number of carbonyl (C=O) groups is 1. The van der Waals surface area contributed by atoms with Crippen LogP contribution in [0.2, 0.25) is 0 Å². The second-order valence-electron chi connectivity index (χ2n) is 25.3. The van der Waals surface area contributed by atoms with Crippen molar-refractivity contribution in [1.29, 1.82) is 0 Å². The van der Waals surface area contributed by atoms with Crippen molar-refractivity contribution >= 4 is 38.5 Å². The Balaban J connectivity index is 1.15. The molecule has 6 fully saturated rings. The lowest BCUT2D eigenvalue weighted by molar-refractivity contribution is -0.424. The lowest BCUT2D eigenvalue weighted by atomic mass is 9.50. The molecular weight excluding hydrogens is 1020 g/mol. The van der Waals surface area contributed by atoms with Crippen LogP contribution in [0.3, 0.4) is 0 Å². The number of hydrogen-bond acceptors (Lipinski definition) is 18. The third kappa shape index (κ3) is 10.6. The molecule has 0 radical (unpaired) electrons. The first-order valence-electron chi connectivity index (χ1n) is 29.5. The highest BCUT2D eigenvalue weighted by molar-refractivity contribution is 8.77. The van der Waals surface area contributed by atoms with E-state index in [4.69, 9.17) is 23.4 Å².